The Labute approximate surface area is 199 Å². The lowest BCUT2D eigenvalue weighted by Gasteiger charge is -2.24. The normalized spacial score (nSPS) is 13.7. The van der Waals surface area contributed by atoms with Crippen LogP contribution in [0.15, 0.2) is 30.5 Å². The number of nitrogens with zero attached hydrogens (tertiary/aromatic N) is 1. The second-order valence-electron chi connectivity index (χ2n) is 8.73. The van der Waals surface area contributed by atoms with Crippen molar-refractivity contribution < 1.29 is 33.0 Å². The molecule has 8 heteroatoms. The maximum absolute atomic E-state index is 13.4. The van der Waals surface area contributed by atoms with Crippen LogP contribution in [0, 0.1) is 24.6 Å². The topological polar surface area (TPSA) is 91.8 Å². The number of pyridine rings is 1. The number of benzene rings is 1. The molecule has 0 spiro atoms. The van der Waals surface area contributed by atoms with Gasteiger partial charge in [0.15, 0.2) is 17.2 Å². The van der Waals surface area contributed by atoms with Gasteiger partial charge in [0, 0.05) is 24.6 Å². The Hall–Kier alpha value is -3.29. The SMILES string of the molecule is COc1ccnc(C(=O)C[C@H](C)C(=O)O[C@H](C)[C@H](C)c2ccc(F)cc2C)c1OC(=O)C(C)C. The summed E-state index contributed by atoms with van der Waals surface area (Å²) in [5, 5.41) is 0. The molecule has 2 rings (SSSR count). The van der Waals surface area contributed by atoms with Crippen molar-refractivity contribution in [3.8, 4) is 11.5 Å². The molecule has 0 unspecified atom stereocenters. The standard InChI is InChI=1S/C26H32FNO6/c1-14(2)25(30)34-24-22(32-7)10-11-28-23(24)21(29)13-16(4)26(31)33-18(6)17(5)20-9-8-19(27)12-15(20)3/h8-12,14,16-18H,13H2,1-7H3/t16-,17-,18+/m0/s1. The molecule has 7 nitrogen and oxygen atoms in total. The minimum atomic E-state index is -0.766. The van der Waals surface area contributed by atoms with E-state index in [1.54, 1.807) is 40.7 Å². The number of carbonyl (C=O) groups is 3. The molecule has 1 aromatic heterocycles. The van der Waals surface area contributed by atoms with E-state index >= 15 is 0 Å². The van der Waals surface area contributed by atoms with E-state index in [1.165, 1.54) is 31.5 Å². The molecular formula is C26H32FNO6. The van der Waals surface area contributed by atoms with Crippen LogP contribution in [0.25, 0.3) is 0 Å². The van der Waals surface area contributed by atoms with E-state index in [1.807, 2.05) is 6.92 Å². The predicted octanol–water partition coefficient (Wildman–Crippen LogP) is 5.04. The molecule has 3 atom stereocenters. The third-order valence-electron chi connectivity index (χ3n) is 5.65. The molecule has 0 fully saturated rings. The van der Waals surface area contributed by atoms with E-state index in [9.17, 15) is 18.8 Å². The molecule has 1 aromatic carbocycles. The summed E-state index contributed by atoms with van der Waals surface area (Å²) in [7, 11) is 1.39. The van der Waals surface area contributed by atoms with Gasteiger partial charge in [-0.15, -0.1) is 0 Å². The van der Waals surface area contributed by atoms with Gasteiger partial charge < -0.3 is 14.2 Å². The summed E-state index contributed by atoms with van der Waals surface area (Å²) in [6.07, 6.45) is 0.685. The lowest BCUT2D eigenvalue weighted by Crippen LogP contribution is -2.26. The van der Waals surface area contributed by atoms with Gasteiger partial charge in [0.25, 0.3) is 0 Å². The first-order valence-electron chi connectivity index (χ1n) is 11.2. The van der Waals surface area contributed by atoms with Crippen LogP contribution >= 0.6 is 0 Å². The van der Waals surface area contributed by atoms with E-state index in [0.29, 0.717) is 0 Å². The molecule has 0 aliphatic rings. The molecular weight excluding hydrogens is 441 g/mol. The van der Waals surface area contributed by atoms with Gasteiger partial charge in [-0.05, 0) is 37.1 Å². The van der Waals surface area contributed by atoms with Crippen molar-refractivity contribution >= 4 is 17.7 Å². The van der Waals surface area contributed by atoms with Gasteiger partial charge in [-0.25, -0.2) is 9.37 Å². The Kier molecular flexibility index (Phi) is 9.29. The van der Waals surface area contributed by atoms with E-state index in [-0.39, 0.29) is 35.3 Å². The number of methoxy groups -OCH3 is 1. The van der Waals surface area contributed by atoms with Crippen molar-refractivity contribution in [2.24, 2.45) is 11.8 Å². The zero-order valence-electron chi connectivity index (χ0n) is 20.7. The first-order chi connectivity index (χ1) is 16.0. The molecule has 1 heterocycles. The van der Waals surface area contributed by atoms with Gasteiger partial charge in [-0.3, -0.25) is 14.4 Å². The van der Waals surface area contributed by atoms with Crippen molar-refractivity contribution in [1.82, 2.24) is 4.98 Å². The highest BCUT2D eigenvalue weighted by atomic mass is 19.1. The first kappa shape index (κ1) is 27.0. The van der Waals surface area contributed by atoms with Gasteiger partial charge >= 0.3 is 11.9 Å². The zero-order valence-corrected chi connectivity index (χ0v) is 20.7. The summed E-state index contributed by atoms with van der Waals surface area (Å²) in [6, 6.07) is 5.98. The molecule has 0 radical (unpaired) electrons. The number of aromatic nitrogens is 1. The number of esters is 2. The van der Waals surface area contributed by atoms with E-state index in [0.717, 1.165) is 11.1 Å². The number of Topliss-reactive ketones (excluding diaryl/α,β-unsaturated/α-hetero) is 1. The number of hydrogen-bond acceptors (Lipinski definition) is 7. The van der Waals surface area contributed by atoms with Crippen LogP contribution in [0.1, 0.15) is 68.6 Å². The first-order valence-corrected chi connectivity index (χ1v) is 11.2. The number of hydrogen-bond donors (Lipinski definition) is 0. The molecule has 0 aliphatic heterocycles. The van der Waals surface area contributed by atoms with Crippen LogP contribution in [-0.4, -0.2) is 35.9 Å². The van der Waals surface area contributed by atoms with Crippen LogP contribution in [0.5, 0.6) is 11.5 Å². The number of halogens is 1. The maximum atomic E-state index is 13.4. The Morgan fingerprint density at radius 1 is 1.03 bits per heavy atom. The van der Waals surface area contributed by atoms with Crippen molar-refractivity contribution in [2.45, 2.75) is 60.0 Å². The lowest BCUT2D eigenvalue weighted by molar-refractivity contribution is -0.153. The fourth-order valence-corrected chi connectivity index (χ4v) is 3.37. The minimum Gasteiger partial charge on any atom is -0.493 e. The highest BCUT2D eigenvalue weighted by Crippen LogP contribution is 2.32. The summed E-state index contributed by atoms with van der Waals surface area (Å²) in [5.74, 6) is -3.12. The summed E-state index contributed by atoms with van der Waals surface area (Å²) in [5.41, 5.74) is 1.56. The fourth-order valence-electron chi connectivity index (χ4n) is 3.37. The molecule has 0 aliphatic carbocycles. The minimum absolute atomic E-state index is 0.0666. The molecule has 0 bridgehead atoms. The highest BCUT2D eigenvalue weighted by Gasteiger charge is 2.28. The second kappa shape index (κ2) is 11.7. The number of ketones is 1. The van der Waals surface area contributed by atoms with Crippen LogP contribution in [0.3, 0.4) is 0 Å². The zero-order chi connectivity index (χ0) is 25.6. The number of ether oxygens (including phenoxy) is 3. The highest BCUT2D eigenvalue weighted by molar-refractivity contribution is 6.00. The van der Waals surface area contributed by atoms with Crippen molar-refractivity contribution in [3.05, 3.63) is 53.1 Å². The molecule has 184 valence electrons. The van der Waals surface area contributed by atoms with Crippen molar-refractivity contribution in [1.29, 1.82) is 0 Å². The Morgan fingerprint density at radius 3 is 2.29 bits per heavy atom. The fraction of sp³-hybridized carbons (Fsp3) is 0.462. The quantitative estimate of drug-likeness (QED) is 0.352. The second-order valence-corrected chi connectivity index (χ2v) is 8.73. The van der Waals surface area contributed by atoms with Crippen molar-refractivity contribution in [2.75, 3.05) is 7.11 Å². The Bertz CT molecular complexity index is 1050. The molecule has 34 heavy (non-hydrogen) atoms. The Morgan fingerprint density at radius 2 is 1.71 bits per heavy atom. The van der Waals surface area contributed by atoms with Gasteiger partial charge in [0.1, 0.15) is 11.9 Å². The Balaban J connectivity index is 2.11. The van der Waals surface area contributed by atoms with Crippen LogP contribution < -0.4 is 9.47 Å². The summed E-state index contributed by atoms with van der Waals surface area (Å²) < 4.78 is 29.6. The monoisotopic (exact) mass is 473 g/mol. The van der Waals surface area contributed by atoms with E-state index in [4.69, 9.17) is 14.2 Å². The largest absolute Gasteiger partial charge is 0.493 e. The maximum Gasteiger partial charge on any atom is 0.313 e. The van der Waals surface area contributed by atoms with Gasteiger partial charge in [-0.2, -0.15) is 0 Å². The molecule has 0 N–H and O–H groups in total. The summed E-state index contributed by atoms with van der Waals surface area (Å²) in [6.45, 7) is 10.4. The van der Waals surface area contributed by atoms with Gasteiger partial charge in [-0.1, -0.05) is 33.8 Å². The third-order valence-corrected chi connectivity index (χ3v) is 5.65. The molecule has 0 saturated heterocycles. The lowest BCUT2D eigenvalue weighted by atomic mass is 9.92. The molecule has 0 amide bonds. The smallest absolute Gasteiger partial charge is 0.313 e. The molecule has 0 saturated carbocycles. The third kappa shape index (κ3) is 6.62. The van der Waals surface area contributed by atoms with Gasteiger partial charge in [0.05, 0.1) is 18.9 Å². The number of aryl methyl sites for hydroxylation is 1. The van der Waals surface area contributed by atoms with Crippen molar-refractivity contribution in [3.63, 3.8) is 0 Å². The van der Waals surface area contributed by atoms with Crippen LogP contribution in [0.4, 0.5) is 4.39 Å². The summed E-state index contributed by atoms with van der Waals surface area (Å²) in [4.78, 5) is 41.9. The van der Waals surface area contributed by atoms with E-state index in [2.05, 4.69) is 4.98 Å². The molecule has 2 aromatic rings. The average Bonchev–Trinajstić information content (AvgIpc) is 2.78. The average molecular weight is 474 g/mol. The van der Waals surface area contributed by atoms with Crippen LogP contribution in [0.2, 0.25) is 0 Å². The van der Waals surface area contributed by atoms with Gasteiger partial charge in [0.2, 0.25) is 5.75 Å². The number of rotatable bonds is 10. The van der Waals surface area contributed by atoms with Crippen LogP contribution in [-0.2, 0) is 14.3 Å². The predicted molar refractivity (Wildman–Crippen MR) is 124 cm³/mol. The summed E-state index contributed by atoms with van der Waals surface area (Å²) >= 11 is 0. The van der Waals surface area contributed by atoms with E-state index < -0.39 is 35.7 Å². The number of carbonyl (C=O) groups excluding carboxylic acids is 3.